The molecule has 0 fully saturated rings. The van der Waals surface area contributed by atoms with Crippen molar-refractivity contribution in [2.24, 2.45) is 0 Å². The molecule has 3 nitrogen and oxygen atoms in total. The molecule has 9 aromatic carbocycles. The molecule has 0 aliphatic heterocycles. The van der Waals surface area contributed by atoms with Crippen LogP contribution in [-0.4, -0.2) is 0 Å². The first-order chi connectivity index (χ1) is 26.3. The van der Waals surface area contributed by atoms with Crippen molar-refractivity contribution in [1.29, 1.82) is 0 Å². The van der Waals surface area contributed by atoms with E-state index >= 15 is 0 Å². The van der Waals surface area contributed by atoms with Crippen LogP contribution in [0.4, 0.5) is 17.1 Å². The Bertz CT molecular complexity index is 3150. The molecule has 0 radical (unpaired) electrons. The minimum absolute atomic E-state index is 0.803. The lowest BCUT2D eigenvalue weighted by molar-refractivity contribution is 0.663. The monoisotopic (exact) mass is 677 g/mol. The Labute approximate surface area is 305 Å². The molecule has 53 heavy (non-hydrogen) atoms. The zero-order valence-electron chi connectivity index (χ0n) is 28.7. The van der Waals surface area contributed by atoms with E-state index in [1.54, 1.807) is 0 Å². The maximum atomic E-state index is 6.59. The molecule has 0 unspecified atom stereocenters. The van der Waals surface area contributed by atoms with Crippen molar-refractivity contribution < 1.29 is 8.83 Å². The summed E-state index contributed by atoms with van der Waals surface area (Å²) in [5.41, 5.74) is 11.2. The van der Waals surface area contributed by atoms with Gasteiger partial charge in [0.2, 0.25) is 0 Å². The quantitative estimate of drug-likeness (QED) is 0.170. The lowest BCUT2D eigenvalue weighted by atomic mass is 9.97. The van der Waals surface area contributed by atoms with Crippen LogP contribution in [0, 0.1) is 0 Å². The lowest BCUT2D eigenvalue weighted by Gasteiger charge is -2.26. The van der Waals surface area contributed by atoms with Gasteiger partial charge in [-0.3, -0.25) is 0 Å². The molecule has 3 heteroatoms. The Morgan fingerprint density at radius 1 is 0.321 bits per heavy atom. The van der Waals surface area contributed by atoms with Gasteiger partial charge in [0.15, 0.2) is 0 Å². The van der Waals surface area contributed by atoms with Gasteiger partial charge in [-0.2, -0.15) is 0 Å². The summed E-state index contributed by atoms with van der Waals surface area (Å²) in [7, 11) is 0. The third kappa shape index (κ3) is 4.75. The number of furan rings is 2. The van der Waals surface area contributed by atoms with E-state index in [4.69, 9.17) is 8.83 Å². The molecular weight excluding hydrogens is 647 g/mol. The smallest absolute Gasteiger partial charge is 0.147 e. The number of para-hydroxylation sites is 1. The Morgan fingerprint density at radius 2 is 0.906 bits per heavy atom. The van der Waals surface area contributed by atoms with Gasteiger partial charge in [-0.15, -0.1) is 0 Å². The second kappa shape index (κ2) is 11.7. The molecule has 0 saturated carbocycles. The van der Waals surface area contributed by atoms with E-state index in [2.05, 4.69) is 181 Å². The molecule has 0 amide bonds. The second-order valence-corrected chi connectivity index (χ2v) is 13.7. The number of hydrogen-bond donors (Lipinski definition) is 0. The fourth-order valence-corrected chi connectivity index (χ4v) is 8.10. The number of hydrogen-bond acceptors (Lipinski definition) is 3. The van der Waals surface area contributed by atoms with Crippen molar-refractivity contribution in [2.75, 3.05) is 4.90 Å². The molecule has 0 spiro atoms. The van der Waals surface area contributed by atoms with E-state index in [1.165, 1.54) is 43.8 Å². The van der Waals surface area contributed by atoms with Crippen molar-refractivity contribution >= 4 is 82.5 Å². The van der Waals surface area contributed by atoms with Crippen molar-refractivity contribution in [3.8, 4) is 22.3 Å². The van der Waals surface area contributed by atoms with Crippen LogP contribution in [-0.2, 0) is 0 Å². The molecule has 11 rings (SSSR count). The standard InChI is InChI=1S/C50H31NO2/c1-2-9-32(10-3-1)33-21-25-38(26-22-33)51(39-27-23-34(24-28-39)37-20-19-36-18-17-35-11-4-5-12-40(35)43(36)31-37)44-14-8-16-46-48(44)49-47(52-46)30-29-42-41-13-6-7-15-45(41)53-50(42)49/h1-31H. The summed E-state index contributed by atoms with van der Waals surface area (Å²) in [6, 6.07) is 66.8. The summed E-state index contributed by atoms with van der Waals surface area (Å²) in [6.07, 6.45) is 0. The Hall–Kier alpha value is -7.10. The van der Waals surface area contributed by atoms with Crippen LogP contribution in [0.3, 0.4) is 0 Å². The molecule has 0 bridgehead atoms. The summed E-state index contributed by atoms with van der Waals surface area (Å²) in [6.45, 7) is 0. The largest absolute Gasteiger partial charge is 0.456 e. The Morgan fingerprint density at radius 3 is 1.70 bits per heavy atom. The Kier molecular flexibility index (Phi) is 6.55. The highest BCUT2D eigenvalue weighted by Gasteiger charge is 2.23. The number of rotatable bonds is 5. The predicted octanol–water partition coefficient (Wildman–Crippen LogP) is 14.6. The number of nitrogens with zero attached hydrogens (tertiary/aromatic N) is 1. The predicted molar refractivity (Wildman–Crippen MR) is 222 cm³/mol. The van der Waals surface area contributed by atoms with Crippen molar-refractivity contribution in [3.63, 3.8) is 0 Å². The first-order valence-electron chi connectivity index (χ1n) is 18.0. The van der Waals surface area contributed by atoms with Crippen LogP contribution >= 0.6 is 0 Å². The average Bonchev–Trinajstić information content (AvgIpc) is 3.81. The van der Waals surface area contributed by atoms with Gasteiger partial charge >= 0.3 is 0 Å². The summed E-state index contributed by atoms with van der Waals surface area (Å²) < 4.78 is 13.1. The molecule has 0 aliphatic carbocycles. The number of anilines is 3. The van der Waals surface area contributed by atoms with Gasteiger partial charge in [-0.05, 0) is 104 Å². The molecule has 0 atom stereocenters. The topological polar surface area (TPSA) is 29.5 Å². The van der Waals surface area contributed by atoms with E-state index in [0.717, 1.165) is 60.9 Å². The molecule has 2 heterocycles. The van der Waals surface area contributed by atoms with Crippen LogP contribution in [0.2, 0.25) is 0 Å². The van der Waals surface area contributed by atoms with E-state index in [-0.39, 0.29) is 0 Å². The minimum Gasteiger partial charge on any atom is -0.456 e. The van der Waals surface area contributed by atoms with E-state index in [9.17, 15) is 0 Å². The normalized spacial score (nSPS) is 11.8. The summed E-state index contributed by atoms with van der Waals surface area (Å²) in [4.78, 5) is 2.34. The highest BCUT2D eigenvalue weighted by molar-refractivity contribution is 6.25. The molecule has 0 N–H and O–H groups in total. The maximum Gasteiger partial charge on any atom is 0.147 e. The zero-order chi connectivity index (χ0) is 34.9. The van der Waals surface area contributed by atoms with Gasteiger partial charge in [0.05, 0.1) is 16.5 Å². The third-order valence-electron chi connectivity index (χ3n) is 10.7. The lowest BCUT2D eigenvalue weighted by Crippen LogP contribution is -2.10. The third-order valence-corrected chi connectivity index (χ3v) is 10.7. The molecular formula is C50H31NO2. The van der Waals surface area contributed by atoms with Gasteiger partial charge < -0.3 is 13.7 Å². The molecule has 11 aromatic rings. The van der Waals surface area contributed by atoms with E-state index < -0.39 is 0 Å². The highest BCUT2D eigenvalue weighted by atomic mass is 16.3. The zero-order valence-corrected chi connectivity index (χ0v) is 28.7. The second-order valence-electron chi connectivity index (χ2n) is 13.7. The number of benzene rings is 9. The van der Waals surface area contributed by atoms with Crippen molar-refractivity contribution in [2.45, 2.75) is 0 Å². The van der Waals surface area contributed by atoms with Crippen molar-refractivity contribution in [1.82, 2.24) is 0 Å². The van der Waals surface area contributed by atoms with E-state index in [1.807, 2.05) is 12.1 Å². The van der Waals surface area contributed by atoms with E-state index in [0.29, 0.717) is 0 Å². The summed E-state index contributed by atoms with van der Waals surface area (Å²) in [5.74, 6) is 0. The van der Waals surface area contributed by atoms with Crippen LogP contribution in [0.1, 0.15) is 0 Å². The minimum atomic E-state index is 0.803. The van der Waals surface area contributed by atoms with Crippen LogP contribution < -0.4 is 4.90 Å². The maximum absolute atomic E-state index is 6.59. The highest BCUT2D eigenvalue weighted by Crippen LogP contribution is 2.46. The fraction of sp³-hybridized carbons (Fsp3) is 0. The summed E-state index contributed by atoms with van der Waals surface area (Å²) in [5, 5.41) is 9.21. The first-order valence-corrected chi connectivity index (χ1v) is 18.0. The average molecular weight is 678 g/mol. The first kappa shape index (κ1) is 29.6. The Balaban J connectivity index is 1.10. The van der Waals surface area contributed by atoms with Gasteiger partial charge in [-0.25, -0.2) is 0 Å². The van der Waals surface area contributed by atoms with Crippen LogP contribution in [0.25, 0.3) is 87.7 Å². The fourth-order valence-electron chi connectivity index (χ4n) is 8.10. The number of fused-ring (bicyclic) bond motifs is 10. The molecule has 2 aromatic heterocycles. The molecule has 248 valence electrons. The van der Waals surface area contributed by atoms with Gasteiger partial charge in [-0.1, -0.05) is 127 Å². The van der Waals surface area contributed by atoms with Gasteiger partial charge in [0.1, 0.15) is 22.3 Å². The SMILES string of the molecule is c1ccc(-c2ccc(N(c3ccc(-c4ccc5ccc6ccccc6c5c4)cc3)c3cccc4oc5ccc6c7ccccc7oc6c5c34)cc2)cc1. The van der Waals surface area contributed by atoms with Gasteiger partial charge in [0.25, 0.3) is 0 Å². The van der Waals surface area contributed by atoms with Crippen LogP contribution in [0.15, 0.2) is 197 Å². The van der Waals surface area contributed by atoms with Crippen LogP contribution in [0.5, 0.6) is 0 Å². The van der Waals surface area contributed by atoms with Gasteiger partial charge in [0, 0.05) is 22.1 Å². The molecule has 0 aliphatic rings. The summed E-state index contributed by atoms with van der Waals surface area (Å²) >= 11 is 0. The molecule has 0 saturated heterocycles. The van der Waals surface area contributed by atoms with Crippen molar-refractivity contribution in [3.05, 3.63) is 188 Å².